The molecule has 8 heteroatoms. The van der Waals surface area contributed by atoms with Crippen LogP contribution in [0.5, 0.6) is 0 Å². The number of amides is 3. The molecule has 8 nitrogen and oxygen atoms in total. The second-order valence-corrected chi connectivity index (χ2v) is 7.74. The molecule has 0 fully saturated rings. The molecule has 1 aliphatic rings. The molecule has 0 saturated carbocycles. The van der Waals surface area contributed by atoms with Gasteiger partial charge < -0.3 is 16.4 Å². The normalized spacial score (nSPS) is 15.3. The molecular formula is C23H22N6O2. The van der Waals surface area contributed by atoms with Crippen molar-refractivity contribution < 1.29 is 9.59 Å². The Morgan fingerprint density at radius 3 is 2.26 bits per heavy atom. The van der Waals surface area contributed by atoms with Gasteiger partial charge in [-0.3, -0.25) is 9.48 Å². The Morgan fingerprint density at radius 2 is 1.71 bits per heavy atom. The van der Waals surface area contributed by atoms with Crippen molar-refractivity contribution >= 4 is 11.9 Å². The third-order valence-electron chi connectivity index (χ3n) is 5.50. The summed E-state index contributed by atoms with van der Waals surface area (Å²) in [5.41, 5.74) is 16.9. The maximum absolute atomic E-state index is 12.6. The van der Waals surface area contributed by atoms with Crippen molar-refractivity contribution in [1.82, 2.24) is 14.7 Å². The third-order valence-corrected chi connectivity index (χ3v) is 5.50. The number of nitrogens with zero attached hydrogens (tertiary/aromatic N) is 4. The van der Waals surface area contributed by atoms with Crippen molar-refractivity contribution in [2.45, 2.75) is 26.4 Å². The standard InChI is InChI=1S/C23H22N6O2/c1-13-9-14(2)11-17(10-13)19-18(22(25)30)21-20(16-5-3-15(12-24)4-6-16)28(23(26)31)7-8-29(21)27-19/h3-6,9-11,20H,7-8H2,1-2H3,(H2,25,30)(H2,26,31). The van der Waals surface area contributed by atoms with Crippen molar-refractivity contribution in [3.8, 4) is 17.3 Å². The van der Waals surface area contributed by atoms with Crippen molar-refractivity contribution in [1.29, 1.82) is 5.26 Å². The van der Waals surface area contributed by atoms with Gasteiger partial charge >= 0.3 is 6.03 Å². The van der Waals surface area contributed by atoms with E-state index < -0.39 is 18.0 Å². The predicted molar refractivity (Wildman–Crippen MR) is 115 cm³/mol. The molecule has 1 atom stereocenters. The zero-order valence-corrected chi connectivity index (χ0v) is 17.3. The van der Waals surface area contributed by atoms with Gasteiger partial charge in [0.2, 0.25) is 0 Å². The van der Waals surface area contributed by atoms with E-state index in [1.807, 2.05) is 32.0 Å². The molecule has 0 spiro atoms. The minimum Gasteiger partial charge on any atom is -0.365 e. The predicted octanol–water partition coefficient (Wildman–Crippen LogP) is 2.62. The van der Waals surface area contributed by atoms with E-state index in [0.717, 1.165) is 16.7 Å². The molecular weight excluding hydrogens is 392 g/mol. The van der Waals surface area contributed by atoms with Gasteiger partial charge in [0.05, 0.1) is 29.4 Å². The number of primary amides is 2. The van der Waals surface area contributed by atoms with E-state index >= 15 is 0 Å². The summed E-state index contributed by atoms with van der Waals surface area (Å²) in [6, 6.07) is 13.6. The molecule has 1 aliphatic heterocycles. The SMILES string of the molecule is Cc1cc(C)cc(-c2nn3c(c2C(N)=O)C(c2ccc(C#N)cc2)N(C(N)=O)CC3)c1. The lowest BCUT2D eigenvalue weighted by Gasteiger charge is -2.35. The number of aromatic nitrogens is 2. The van der Waals surface area contributed by atoms with E-state index in [1.165, 1.54) is 4.90 Å². The maximum Gasteiger partial charge on any atom is 0.315 e. The van der Waals surface area contributed by atoms with Crippen LogP contribution in [0.25, 0.3) is 11.3 Å². The van der Waals surface area contributed by atoms with Crippen LogP contribution in [0, 0.1) is 25.2 Å². The minimum atomic E-state index is -0.645. The molecule has 0 saturated heterocycles. The number of nitrogens with two attached hydrogens (primary N) is 2. The number of aryl methyl sites for hydroxylation is 2. The quantitative estimate of drug-likeness (QED) is 0.682. The van der Waals surface area contributed by atoms with Gasteiger partial charge in [0, 0.05) is 12.1 Å². The molecule has 0 bridgehead atoms. The van der Waals surface area contributed by atoms with Crippen LogP contribution in [0.2, 0.25) is 0 Å². The highest BCUT2D eigenvalue weighted by atomic mass is 16.2. The first-order valence-corrected chi connectivity index (χ1v) is 9.85. The van der Waals surface area contributed by atoms with Crippen LogP contribution in [0.15, 0.2) is 42.5 Å². The van der Waals surface area contributed by atoms with Gasteiger partial charge in [0.25, 0.3) is 5.91 Å². The fourth-order valence-corrected chi connectivity index (χ4v) is 4.27. The molecule has 0 radical (unpaired) electrons. The lowest BCUT2D eigenvalue weighted by molar-refractivity contribution is 0.0995. The van der Waals surface area contributed by atoms with Gasteiger partial charge in [-0.05, 0) is 43.7 Å². The molecule has 1 aromatic heterocycles. The largest absolute Gasteiger partial charge is 0.365 e. The van der Waals surface area contributed by atoms with Crippen molar-refractivity contribution in [3.63, 3.8) is 0 Å². The highest BCUT2D eigenvalue weighted by Crippen LogP contribution is 2.38. The summed E-state index contributed by atoms with van der Waals surface area (Å²) >= 11 is 0. The Kier molecular flexibility index (Phi) is 4.95. The number of carbonyl (C=O) groups excluding carboxylic acids is 2. The van der Waals surface area contributed by atoms with Crippen LogP contribution in [0.1, 0.15) is 44.3 Å². The number of fused-ring (bicyclic) bond motifs is 1. The highest BCUT2D eigenvalue weighted by Gasteiger charge is 2.37. The summed E-state index contributed by atoms with van der Waals surface area (Å²) in [6.07, 6.45) is 0. The molecule has 31 heavy (non-hydrogen) atoms. The van der Waals surface area contributed by atoms with Crippen LogP contribution >= 0.6 is 0 Å². The fraction of sp³-hybridized carbons (Fsp3) is 0.217. The third kappa shape index (κ3) is 3.51. The van der Waals surface area contributed by atoms with Gasteiger partial charge in [-0.15, -0.1) is 0 Å². The average molecular weight is 414 g/mol. The summed E-state index contributed by atoms with van der Waals surface area (Å²) < 4.78 is 1.73. The molecule has 2 heterocycles. The number of carbonyl (C=O) groups is 2. The number of rotatable bonds is 3. The van der Waals surface area contributed by atoms with E-state index in [-0.39, 0.29) is 5.56 Å². The van der Waals surface area contributed by atoms with Gasteiger partial charge in [0.15, 0.2) is 0 Å². The van der Waals surface area contributed by atoms with E-state index in [4.69, 9.17) is 21.8 Å². The van der Waals surface area contributed by atoms with Crippen molar-refractivity contribution in [3.05, 3.63) is 76.0 Å². The van der Waals surface area contributed by atoms with Crippen LogP contribution in [0.3, 0.4) is 0 Å². The van der Waals surface area contributed by atoms with Gasteiger partial charge in [-0.2, -0.15) is 10.4 Å². The summed E-state index contributed by atoms with van der Waals surface area (Å²) in [6.45, 7) is 4.67. The summed E-state index contributed by atoms with van der Waals surface area (Å²) in [5, 5.41) is 13.8. The van der Waals surface area contributed by atoms with Crippen molar-refractivity contribution in [2.24, 2.45) is 11.5 Å². The number of benzene rings is 2. The van der Waals surface area contributed by atoms with E-state index in [2.05, 4.69) is 6.07 Å². The molecule has 156 valence electrons. The molecule has 3 amide bonds. The van der Waals surface area contributed by atoms with Gasteiger partial charge in [0.1, 0.15) is 11.7 Å². The molecule has 4 rings (SSSR count). The Bertz CT molecular complexity index is 1220. The smallest absolute Gasteiger partial charge is 0.315 e. The second kappa shape index (κ2) is 7.61. The molecule has 0 aliphatic carbocycles. The van der Waals surface area contributed by atoms with Crippen molar-refractivity contribution in [2.75, 3.05) is 6.54 Å². The zero-order valence-electron chi connectivity index (χ0n) is 17.3. The van der Waals surface area contributed by atoms with Crippen LogP contribution < -0.4 is 11.5 Å². The van der Waals surface area contributed by atoms with Crippen LogP contribution in [0.4, 0.5) is 4.79 Å². The molecule has 4 N–H and O–H groups in total. The highest BCUT2D eigenvalue weighted by molar-refractivity contribution is 6.00. The summed E-state index contributed by atoms with van der Waals surface area (Å²) in [7, 11) is 0. The summed E-state index contributed by atoms with van der Waals surface area (Å²) in [5.74, 6) is -0.625. The molecule has 3 aromatic rings. The average Bonchev–Trinajstić information content (AvgIpc) is 3.12. The van der Waals surface area contributed by atoms with Gasteiger partial charge in [-0.25, -0.2) is 4.79 Å². The molecule has 1 unspecified atom stereocenters. The second-order valence-electron chi connectivity index (χ2n) is 7.74. The van der Waals surface area contributed by atoms with Gasteiger partial charge in [-0.1, -0.05) is 29.3 Å². The van der Waals surface area contributed by atoms with Crippen LogP contribution in [-0.2, 0) is 6.54 Å². The number of hydrogen-bond donors (Lipinski definition) is 2. The number of urea groups is 1. The zero-order chi connectivity index (χ0) is 22.3. The Morgan fingerprint density at radius 1 is 1.06 bits per heavy atom. The lowest BCUT2D eigenvalue weighted by Crippen LogP contribution is -2.46. The number of hydrogen-bond acceptors (Lipinski definition) is 4. The fourth-order valence-electron chi connectivity index (χ4n) is 4.27. The first kappa shape index (κ1) is 20.2. The Hall–Kier alpha value is -4.12. The van der Waals surface area contributed by atoms with E-state index in [9.17, 15) is 9.59 Å². The number of nitriles is 1. The maximum atomic E-state index is 12.6. The van der Waals surface area contributed by atoms with Crippen LogP contribution in [-0.4, -0.2) is 33.2 Å². The van der Waals surface area contributed by atoms with E-state index in [1.54, 1.807) is 28.9 Å². The Labute approximate surface area is 179 Å². The minimum absolute atomic E-state index is 0.269. The topological polar surface area (TPSA) is 131 Å². The summed E-state index contributed by atoms with van der Waals surface area (Å²) in [4.78, 5) is 26.4. The molecule has 2 aromatic carbocycles. The van der Waals surface area contributed by atoms with E-state index in [0.29, 0.717) is 35.6 Å². The first-order valence-electron chi connectivity index (χ1n) is 9.85. The monoisotopic (exact) mass is 414 g/mol. The lowest BCUT2D eigenvalue weighted by atomic mass is 9.93. The first-order chi connectivity index (χ1) is 14.8. The Balaban J connectivity index is 1.97.